The average molecular weight is 206 g/mol. The van der Waals surface area contributed by atoms with Crippen LogP contribution in [0.2, 0.25) is 0 Å². The van der Waals surface area contributed by atoms with Crippen molar-refractivity contribution < 1.29 is 0 Å². The minimum atomic E-state index is 0.672. The van der Waals surface area contributed by atoms with Crippen LogP contribution in [-0.4, -0.2) is 29.8 Å². The first kappa shape index (κ1) is 9.36. The Hall–Kier alpha value is -0.870. The van der Waals surface area contributed by atoms with Crippen LogP contribution in [0.5, 0.6) is 0 Å². The summed E-state index contributed by atoms with van der Waals surface area (Å²) in [5.74, 6) is 0.672. The minimum absolute atomic E-state index is 0.672. The molecule has 0 radical (unpaired) electrons. The molecule has 3 N–H and O–H groups in total. The second-order valence-corrected chi connectivity index (χ2v) is 4.52. The predicted molar refractivity (Wildman–Crippen MR) is 58.8 cm³/mol. The van der Waals surface area contributed by atoms with Gasteiger partial charge in [-0.3, -0.25) is 5.10 Å². The van der Waals surface area contributed by atoms with Crippen molar-refractivity contribution in [2.24, 2.45) is 0 Å². The summed E-state index contributed by atoms with van der Waals surface area (Å²) in [5.41, 5.74) is 4.15. The SMILES string of the molecule is C1CC(c2n[nH]c3c2CNCC3)CCN1. The molecule has 1 fully saturated rings. The Kier molecular flexibility index (Phi) is 2.46. The van der Waals surface area contributed by atoms with E-state index >= 15 is 0 Å². The molecule has 4 nitrogen and oxygen atoms in total. The molecule has 0 aliphatic carbocycles. The van der Waals surface area contributed by atoms with Crippen molar-refractivity contribution in [3.8, 4) is 0 Å². The van der Waals surface area contributed by atoms with Crippen molar-refractivity contribution >= 4 is 0 Å². The van der Waals surface area contributed by atoms with Gasteiger partial charge in [0.15, 0.2) is 0 Å². The molecule has 0 aromatic carbocycles. The van der Waals surface area contributed by atoms with E-state index in [0.29, 0.717) is 5.92 Å². The van der Waals surface area contributed by atoms with Gasteiger partial charge in [-0.05, 0) is 25.9 Å². The van der Waals surface area contributed by atoms with E-state index < -0.39 is 0 Å². The fourth-order valence-corrected chi connectivity index (χ4v) is 2.68. The molecule has 1 saturated heterocycles. The lowest BCUT2D eigenvalue weighted by Gasteiger charge is -2.23. The van der Waals surface area contributed by atoms with Crippen LogP contribution in [0.1, 0.15) is 35.7 Å². The highest BCUT2D eigenvalue weighted by molar-refractivity contribution is 5.30. The predicted octanol–water partition coefficient (Wildman–Crippen LogP) is 0.522. The van der Waals surface area contributed by atoms with E-state index in [2.05, 4.69) is 20.8 Å². The maximum absolute atomic E-state index is 4.53. The van der Waals surface area contributed by atoms with Crippen LogP contribution in [0.25, 0.3) is 0 Å². The lowest BCUT2D eigenvalue weighted by Crippen LogP contribution is -2.28. The first-order valence-electron chi connectivity index (χ1n) is 5.92. The number of aromatic nitrogens is 2. The van der Waals surface area contributed by atoms with Crippen LogP contribution in [0, 0.1) is 0 Å². The van der Waals surface area contributed by atoms with Gasteiger partial charge in [-0.2, -0.15) is 5.10 Å². The number of piperidine rings is 1. The highest BCUT2D eigenvalue weighted by Gasteiger charge is 2.24. The van der Waals surface area contributed by atoms with Crippen molar-refractivity contribution in [1.82, 2.24) is 20.8 Å². The molecule has 0 saturated carbocycles. The summed E-state index contributed by atoms with van der Waals surface area (Å²) in [5, 5.41) is 14.6. The first-order chi connectivity index (χ1) is 7.45. The van der Waals surface area contributed by atoms with Crippen molar-refractivity contribution in [1.29, 1.82) is 0 Å². The number of hydrogen-bond donors (Lipinski definition) is 3. The highest BCUT2D eigenvalue weighted by atomic mass is 15.1. The van der Waals surface area contributed by atoms with Crippen LogP contribution >= 0.6 is 0 Å². The standard InChI is InChI=1S/C11H18N4/c1-4-12-5-2-8(1)11-9-7-13-6-3-10(9)14-15-11/h8,12-13H,1-7H2,(H,14,15). The second kappa shape index (κ2) is 3.94. The zero-order valence-electron chi connectivity index (χ0n) is 8.97. The molecule has 0 spiro atoms. The number of nitrogens with one attached hydrogen (secondary N) is 3. The summed E-state index contributed by atoms with van der Waals surface area (Å²) in [6, 6.07) is 0. The Morgan fingerprint density at radius 1 is 1.07 bits per heavy atom. The third kappa shape index (κ3) is 1.68. The molecule has 0 bridgehead atoms. The Bertz CT molecular complexity index is 338. The molecule has 82 valence electrons. The largest absolute Gasteiger partial charge is 0.317 e. The fraction of sp³-hybridized carbons (Fsp3) is 0.727. The van der Waals surface area contributed by atoms with E-state index in [1.54, 1.807) is 0 Å². The number of nitrogens with zero attached hydrogens (tertiary/aromatic N) is 1. The van der Waals surface area contributed by atoms with Crippen LogP contribution < -0.4 is 10.6 Å². The molecule has 3 rings (SSSR count). The minimum Gasteiger partial charge on any atom is -0.317 e. The molecule has 2 aliphatic rings. The fourth-order valence-electron chi connectivity index (χ4n) is 2.68. The molecule has 0 amide bonds. The number of aromatic amines is 1. The normalized spacial score (nSPS) is 22.7. The van der Waals surface area contributed by atoms with Gasteiger partial charge in [0.1, 0.15) is 0 Å². The van der Waals surface area contributed by atoms with Crippen molar-refractivity contribution in [2.75, 3.05) is 19.6 Å². The van der Waals surface area contributed by atoms with Gasteiger partial charge in [-0.25, -0.2) is 0 Å². The van der Waals surface area contributed by atoms with Crippen molar-refractivity contribution in [3.63, 3.8) is 0 Å². The van der Waals surface area contributed by atoms with E-state index in [1.807, 2.05) is 0 Å². The molecule has 0 atom stereocenters. The lowest BCUT2D eigenvalue weighted by atomic mass is 9.90. The van der Waals surface area contributed by atoms with E-state index in [-0.39, 0.29) is 0 Å². The summed E-state index contributed by atoms with van der Waals surface area (Å²) in [4.78, 5) is 0. The van der Waals surface area contributed by atoms with Crippen LogP contribution in [-0.2, 0) is 13.0 Å². The van der Waals surface area contributed by atoms with E-state index in [9.17, 15) is 0 Å². The van der Waals surface area contributed by atoms with Gasteiger partial charge >= 0.3 is 0 Å². The van der Waals surface area contributed by atoms with Crippen molar-refractivity contribution in [3.05, 3.63) is 17.0 Å². The van der Waals surface area contributed by atoms with Crippen LogP contribution in [0.4, 0.5) is 0 Å². The zero-order chi connectivity index (χ0) is 10.1. The molecular formula is C11H18N4. The van der Waals surface area contributed by atoms with Gasteiger partial charge in [0.25, 0.3) is 0 Å². The summed E-state index contributed by atoms with van der Waals surface area (Å²) in [6.45, 7) is 4.37. The molecule has 1 aromatic rings. The van der Waals surface area contributed by atoms with Crippen molar-refractivity contribution in [2.45, 2.75) is 31.7 Å². The third-order valence-corrected chi connectivity index (χ3v) is 3.56. The van der Waals surface area contributed by atoms with Crippen LogP contribution in [0.15, 0.2) is 0 Å². The smallest absolute Gasteiger partial charge is 0.0701 e. The number of rotatable bonds is 1. The third-order valence-electron chi connectivity index (χ3n) is 3.56. The Morgan fingerprint density at radius 2 is 1.93 bits per heavy atom. The lowest BCUT2D eigenvalue weighted by molar-refractivity contribution is 0.449. The molecule has 4 heteroatoms. The van der Waals surface area contributed by atoms with Gasteiger partial charge in [-0.15, -0.1) is 0 Å². The maximum Gasteiger partial charge on any atom is 0.0701 e. The van der Waals surface area contributed by atoms with E-state index in [1.165, 1.54) is 29.8 Å². The zero-order valence-corrected chi connectivity index (χ0v) is 8.97. The van der Waals surface area contributed by atoms with Crippen LogP contribution in [0.3, 0.4) is 0 Å². The Morgan fingerprint density at radius 3 is 2.80 bits per heavy atom. The van der Waals surface area contributed by atoms with Gasteiger partial charge < -0.3 is 10.6 Å². The molecule has 0 unspecified atom stereocenters. The number of hydrogen-bond acceptors (Lipinski definition) is 3. The van der Waals surface area contributed by atoms with Gasteiger partial charge in [0.05, 0.1) is 5.69 Å². The molecular weight excluding hydrogens is 188 g/mol. The van der Waals surface area contributed by atoms with Gasteiger partial charge in [-0.1, -0.05) is 0 Å². The maximum atomic E-state index is 4.53. The summed E-state index contributed by atoms with van der Waals surface area (Å²) >= 11 is 0. The molecule has 15 heavy (non-hydrogen) atoms. The number of H-pyrrole nitrogens is 1. The quantitative estimate of drug-likeness (QED) is 0.628. The monoisotopic (exact) mass is 206 g/mol. The Balaban J connectivity index is 1.87. The van der Waals surface area contributed by atoms with Gasteiger partial charge in [0, 0.05) is 36.7 Å². The van der Waals surface area contributed by atoms with E-state index in [4.69, 9.17) is 0 Å². The topological polar surface area (TPSA) is 52.7 Å². The molecule has 2 aliphatic heterocycles. The average Bonchev–Trinajstić information content (AvgIpc) is 2.74. The second-order valence-electron chi connectivity index (χ2n) is 4.52. The molecule has 1 aromatic heterocycles. The summed E-state index contributed by atoms with van der Waals surface area (Å²) in [6.07, 6.45) is 3.57. The summed E-state index contributed by atoms with van der Waals surface area (Å²) in [7, 11) is 0. The van der Waals surface area contributed by atoms with E-state index in [0.717, 1.165) is 32.6 Å². The highest BCUT2D eigenvalue weighted by Crippen LogP contribution is 2.28. The first-order valence-corrected chi connectivity index (χ1v) is 5.92. The summed E-state index contributed by atoms with van der Waals surface area (Å²) < 4.78 is 0. The number of fused-ring (bicyclic) bond motifs is 1. The van der Waals surface area contributed by atoms with Gasteiger partial charge in [0.2, 0.25) is 0 Å². The molecule has 3 heterocycles. The Labute approximate surface area is 89.8 Å².